The van der Waals surface area contributed by atoms with Gasteiger partial charge in [0.15, 0.2) is 0 Å². The highest BCUT2D eigenvalue weighted by Crippen LogP contribution is 2.68. The van der Waals surface area contributed by atoms with Gasteiger partial charge in [0.2, 0.25) is 0 Å². The van der Waals surface area contributed by atoms with Gasteiger partial charge in [-0.3, -0.25) is 0 Å². The van der Waals surface area contributed by atoms with E-state index in [1.54, 1.807) is 0 Å². The van der Waals surface area contributed by atoms with Gasteiger partial charge in [-0.25, -0.2) is 0 Å². The maximum absolute atomic E-state index is 10.7. The molecular formula is C20H34O4. The van der Waals surface area contributed by atoms with E-state index in [1.165, 1.54) is 0 Å². The van der Waals surface area contributed by atoms with Gasteiger partial charge in [-0.15, -0.1) is 0 Å². The van der Waals surface area contributed by atoms with Crippen LogP contribution in [0.4, 0.5) is 0 Å². The predicted octanol–water partition coefficient (Wildman–Crippen LogP) is 2.90. The molecule has 2 spiro atoms. The van der Waals surface area contributed by atoms with Gasteiger partial charge < -0.3 is 19.7 Å². The lowest BCUT2D eigenvalue weighted by Gasteiger charge is -2.65. The first-order chi connectivity index (χ1) is 11.3. The smallest absolute Gasteiger partial charge is 0.0945 e. The van der Waals surface area contributed by atoms with Crippen LogP contribution in [-0.4, -0.2) is 47.3 Å². The van der Waals surface area contributed by atoms with E-state index >= 15 is 0 Å². The maximum Gasteiger partial charge on any atom is 0.0945 e. The average molecular weight is 338 g/mol. The van der Waals surface area contributed by atoms with Crippen molar-refractivity contribution in [1.29, 1.82) is 0 Å². The third-order valence-electron chi connectivity index (χ3n) is 8.67. The fourth-order valence-corrected chi connectivity index (χ4v) is 7.00. The van der Waals surface area contributed by atoms with Crippen LogP contribution in [0.2, 0.25) is 0 Å². The second kappa shape index (κ2) is 5.42. The summed E-state index contributed by atoms with van der Waals surface area (Å²) in [4.78, 5) is 0. The van der Waals surface area contributed by atoms with E-state index in [1.807, 2.05) is 0 Å². The standard InChI is InChI=1S/C20H34O4/c1-14-4-5-15-17(2,12-21)16(22)6-7-18(15,3)20(14)9-8-19(24-20)10-11-23-13-19/h14-16,21-22H,4-13H2,1-3H3/t14-,15-,16-,17+,18+,19-,20+/m0/s1. The molecule has 7 atom stereocenters. The van der Waals surface area contributed by atoms with Crippen molar-refractivity contribution in [3.05, 3.63) is 0 Å². The van der Waals surface area contributed by atoms with Crippen LogP contribution >= 0.6 is 0 Å². The molecule has 0 unspecified atom stereocenters. The first kappa shape index (κ1) is 17.3. The normalized spacial score (nSPS) is 57.6. The van der Waals surface area contributed by atoms with Crippen LogP contribution in [0, 0.1) is 22.7 Å². The highest BCUT2D eigenvalue weighted by Gasteiger charge is 2.69. The van der Waals surface area contributed by atoms with Gasteiger partial charge in [-0.1, -0.05) is 20.8 Å². The predicted molar refractivity (Wildman–Crippen MR) is 91.6 cm³/mol. The Hall–Kier alpha value is -0.160. The molecule has 2 aliphatic carbocycles. The minimum absolute atomic E-state index is 0.0213. The minimum atomic E-state index is -0.411. The Bertz CT molecular complexity index is 502. The largest absolute Gasteiger partial charge is 0.396 e. The van der Waals surface area contributed by atoms with Crippen molar-refractivity contribution >= 4 is 0 Å². The van der Waals surface area contributed by atoms with Crippen LogP contribution in [0.25, 0.3) is 0 Å². The summed E-state index contributed by atoms with van der Waals surface area (Å²) in [5.74, 6) is 0.837. The average Bonchev–Trinajstić information content (AvgIpc) is 3.18. The molecule has 2 N–H and O–H groups in total. The first-order valence-electron chi connectivity index (χ1n) is 9.89. The molecule has 2 heterocycles. The van der Waals surface area contributed by atoms with E-state index in [9.17, 15) is 10.2 Å². The number of ether oxygens (including phenoxy) is 2. The van der Waals surface area contributed by atoms with Crippen LogP contribution in [0.5, 0.6) is 0 Å². The summed E-state index contributed by atoms with van der Waals surface area (Å²) >= 11 is 0. The minimum Gasteiger partial charge on any atom is -0.396 e. The third kappa shape index (κ3) is 2.00. The molecule has 4 heteroatoms. The lowest BCUT2D eigenvalue weighted by atomic mass is 9.43. The van der Waals surface area contributed by atoms with E-state index in [-0.39, 0.29) is 23.2 Å². The van der Waals surface area contributed by atoms with Gasteiger partial charge in [0.05, 0.1) is 30.5 Å². The Morgan fingerprint density at radius 1 is 1.04 bits per heavy atom. The molecule has 4 rings (SSSR count). The summed E-state index contributed by atoms with van der Waals surface area (Å²) in [6, 6.07) is 0. The molecule has 0 aromatic rings. The molecular weight excluding hydrogens is 304 g/mol. The number of rotatable bonds is 1. The molecule has 24 heavy (non-hydrogen) atoms. The lowest BCUT2D eigenvalue weighted by Crippen LogP contribution is -2.66. The zero-order valence-electron chi connectivity index (χ0n) is 15.5. The van der Waals surface area contributed by atoms with Crippen molar-refractivity contribution in [3.63, 3.8) is 0 Å². The summed E-state index contributed by atoms with van der Waals surface area (Å²) < 4.78 is 12.7. The highest BCUT2D eigenvalue weighted by molar-refractivity contribution is 5.17. The van der Waals surface area contributed by atoms with E-state index in [2.05, 4.69) is 20.8 Å². The third-order valence-corrected chi connectivity index (χ3v) is 8.67. The van der Waals surface area contributed by atoms with Crippen LogP contribution in [0.15, 0.2) is 0 Å². The van der Waals surface area contributed by atoms with Gasteiger partial charge in [-0.2, -0.15) is 0 Å². The summed E-state index contributed by atoms with van der Waals surface area (Å²) in [7, 11) is 0. The van der Waals surface area contributed by atoms with Gasteiger partial charge in [0.1, 0.15) is 0 Å². The summed E-state index contributed by atoms with van der Waals surface area (Å²) in [5.41, 5.74) is -0.593. The number of hydrogen-bond acceptors (Lipinski definition) is 4. The van der Waals surface area contributed by atoms with E-state index in [4.69, 9.17) is 9.47 Å². The Kier molecular flexibility index (Phi) is 3.90. The van der Waals surface area contributed by atoms with Crippen molar-refractivity contribution in [2.75, 3.05) is 19.8 Å². The number of aliphatic hydroxyl groups excluding tert-OH is 2. The Labute approximate surface area is 145 Å². The number of aliphatic hydroxyl groups is 2. The molecule has 2 aliphatic heterocycles. The highest BCUT2D eigenvalue weighted by atomic mass is 16.6. The summed E-state index contributed by atoms with van der Waals surface area (Å²) in [6.45, 7) is 8.46. The maximum atomic E-state index is 10.7. The van der Waals surface area contributed by atoms with Crippen molar-refractivity contribution < 1.29 is 19.7 Å². The Morgan fingerprint density at radius 3 is 2.50 bits per heavy atom. The molecule has 2 saturated carbocycles. The molecule has 4 nitrogen and oxygen atoms in total. The van der Waals surface area contributed by atoms with Gasteiger partial charge in [0, 0.05) is 23.9 Å². The van der Waals surface area contributed by atoms with Crippen LogP contribution in [0.1, 0.15) is 65.7 Å². The molecule has 2 saturated heterocycles. The monoisotopic (exact) mass is 338 g/mol. The Morgan fingerprint density at radius 2 is 1.83 bits per heavy atom. The molecule has 0 radical (unpaired) electrons. The van der Waals surface area contributed by atoms with E-state index in [0.29, 0.717) is 11.8 Å². The van der Waals surface area contributed by atoms with Crippen LogP contribution < -0.4 is 0 Å². The van der Waals surface area contributed by atoms with Crippen LogP contribution in [0.3, 0.4) is 0 Å². The number of fused-ring (bicyclic) bond motifs is 2. The quantitative estimate of drug-likeness (QED) is 0.772. The second-order valence-corrected chi connectivity index (χ2v) is 9.64. The Balaban J connectivity index is 1.74. The van der Waals surface area contributed by atoms with Gasteiger partial charge in [0.25, 0.3) is 0 Å². The lowest BCUT2D eigenvalue weighted by molar-refractivity contribution is -0.266. The topological polar surface area (TPSA) is 58.9 Å². The van der Waals surface area contributed by atoms with Crippen molar-refractivity contribution in [2.45, 2.75) is 83.0 Å². The zero-order chi connectivity index (χ0) is 17.2. The fraction of sp³-hybridized carbons (Fsp3) is 1.00. The molecule has 0 aromatic carbocycles. The molecule has 138 valence electrons. The summed E-state index contributed by atoms with van der Waals surface area (Å²) in [5, 5.41) is 20.8. The van der Waals surface area contributed by atoms with Gasteiger partial charge in [-0.05, 0) is 50.4 Å². The van der Waals surface area contributed by atoms with E-state index in [0.717, 1.165) is 58.2 Å². The van der Waals surface area contributed by atoms with Crippen molar-refractivity contribution in [2.24, 2.45) is 22.7 Å². The van der Waals surface area contributed by atoms with Crippen LogP contribution in [-0.2, 0) is 9.47 Å². The SMILES string of the molecule is C[C@H]1CC[C@H]2[C@@](C)(CO)[C@@H](O)CC[C@@]2(C)[C@@]12CC[C@@]1(CCOC1)O2. The molecule has 0 amide bonds. The molecule has 0 aromatic heterocycles. The van der Waals surface area contributed by atoms with Crippen molar-refractivity contribution in [3.8, 4) is 0 Å². The fourth-order valence-electron chi connectivity index (χ4n) is 7.00. The summed E-state index contributed by atoms with van der Waals surface area (Å²) in [6.07, 6.45) is 6.78. The first-order valence-corrected chi connectivity index (χ1v) is 9.89. The molecule has 4 fully saturated rings. The molecule has 0 bridgehead atoms. The van der Waals surface area contributed by atoms with E-state index < -0.39 is 11.5 Å². The van der Waals surface area contributed by atoms with Crippen molar-refractivity contribution in [1.82, 2.24) is 0 Å². The second-order valence-electron chi connectivity index (χ2n) is 9.64. The van der Waals surface area contributed by atoms with Gasteiger partial charge >= 0.3 is 0 Å². The zero-order valence-corrected chi connectivity index (χ0v) is 15.5. The molecule has 4 aliphatic rings. The number of hydrogen-bond donors (Lipinski definition) is 2.